The summed E-state index contributed by atoms with van der Waals surface area (Å²) in [5.74, 6) is 0.928. The molecule has 0 aromatic heterocycles. The van der Waals surface area contributed by atoms with Crippen molar-refractivity contribution in [3.05, 3.63) is 0 Å². The number of hydrogen-bond donors (Lipinski definition) is 1. The first-order chi connectivity index (χ1) is 10.3. The van der Waals surface area contributed by atoms with Crippen molar-refractivity contribution in [2.24, 2.45) is 10.4 Å². The average molecular weight is 309 g/mol. The van der Waals surface area contributed by atoms with Crippen molar-refractivity contribution in [2.45, 2.75) is 65.4 Å². The molecule has 0 radical (unpaired) electrons. The molecule has 0 unspecified atom stereocenters. The van der Waals surface area contributed by atoms with E-state index >= 15 is 0 Å². The Balaban J connectivity index is 1.85. The molecule has 1 heterocycles. The van der Waals surface area contributed by atoms with Gasteiger partial charge < -0.3 is 10.1 Å². The van der Waals surface area contributed by atoms with Crippen LogP contribution < -0.4 is 5.32 Å². The molecule has 0 saturated heterocycles. The van der Waals surface area contributed by atoms with Gasteiger partial charge in [0.1, 0.15) is 11.4 Å². The number of amidine groups is 1. The molecule has 22 heavy (non-hydrogen) atoms. The Hall–Kier alpha value is -1.26. The van der Waals surface area contributed by atoms with Gasteiger partial charge in [0, 0.05) is 13.1 Å². The summed E-state index contributed by atoms with van der Waals surface area (Å²) < 4.78 is 5.45. The minimum Gasteiger partial charge on any atom is -0.444 e. The predicted molar refractivity (Wildman–Crippen MR) is 89.3 cm³/mol. The SMILES string of the molecule is CCC1(CNC2=NCCN(C(=O)OC(C)(C)C)C2)CCCC1. The van der Waals surface area contributed by atoms with Crippen LogP contribution in [0.5, 0.6) is 0 Å². The molecule has 1 amide bonds. The summed E-state index contributed by atoms with van der Waals surface area (Å²) in [5.41, 5.74) is -0.0217. The highest BCUT2D eigenvalue weighted by Gasteiger charge is 2.32. The summed E-state index contributed by atoms with van der Waals surface area (Å²) in [7, 11) is 0. The van der Waals surface area contributed by atoms with Gasteiger partial charge in [0.25, 0.3) is 0 Å². The highest BCUT2D eigenvalue weighted by atomic mass is 16.6. The summed E-state index contributed by atoms with van der Waals surface area (Å²) in [5, 5.41) is 3.50. The third-order valence-corrected chi connectivity index (χ3v) is 4.75. The van der Waals surface area contributed by atoms with Crippen LogP contribution in [0.15, 0.2) is 4.99 Å². The van der Waals surface area contributed by atoms with E-state index < -0.39 is 5.60 Å². The van der Waals surface area contributed by atoms with Crippen LogP contribution in [0.25, 0.3) is 0 Å². The van der Waals surface area contributed by atoms with E-state index in [9.17, 15) is 4.79 Å². The quantitative estimate of drug-likeness (QED) is 0.871. The van der Waals surface area contributed by atoms with Gasteiger partial charge in [-0.25, -0.2) is 4.79 Å². The van der Waals surface area contributed by atoms with E-state index in [1.807, 2.05) is 20.8 Å². The maximum Gasteiger partial charge on any atom is 0.410 e. The zero-order valence-electron chi connectivity index (χ0n) is 14.6. The second-order valence-corrected chi connectivity index (χ2v) is 7.64. The molecule has 126 valence electrons. The number of amides is 1. The molecule has 0 atom stereocenters. The second-order valence-electron chi connectivity index (χ2n) is 7.64. The van der Waals surface area contributed by atoms with Crippen LogP contribution in [0, 0.1) is 5.41 Å². The molecule has 2 aliphatic rings. The van der Waals surface area contributed by atoms with Crippen molar-refractivity contribution < 1.29 is 9.53 Å². The maximum absolute atomic E-state index is 12.2. The molecule has 2 rings (SSSR count). The van der Waals surface area contributed by atoms with Gasteiger partial charge in [0.05, 0.1) is 13.1 Å². The van der Waals surface area contributed by atoms with Crippen molar-refractivity contribution in [2.75, 3.05) is 26.2 Å². The van der Waals surface area contributed by atoms with Gasteiger partial charge in [0.2, 0.25) is 0 Å². The molecule has 0 aromatic rings. The third kappa shape index (κ3) is 4.62. The number of carbonyl (C=O) groups is 1. The number of rotatable bonds is 3. The zero-order valence-corrected chi connectivity index (χ0v) is 14.6. The van der Waals surface area contributed by atoms with Gasteiger partial charge in [-0.3, -0.25) is 9.89 Å². The smallest absolute Gasteiger partial charge is 0.410 e. The molecular formula is C17H31N3O2. The van der Waals surface area contributed by atoms with Gasteiger partial charge in [-0.15, -0.1) is 0 Å². The zero-order chi connectivity index (χ0) is 16.2. The summed E-state index contributed by atoms with van der Waals surface area (Å²) in [6, 6.07) is 0. The van der Waals surface area contributed by atoms with Crippen LogP contribution in [0.1, 0.15) is 59.8 Å². The summed E-state index contributed by atoms with van der Waals surface area (Å²) >= 11 is 0. The third-order valence-electron chi connectivity index (χ3n) is 4.75. The number of nitrogens with one attached hydrogen (secondary N) is 1. The largest absolute Gasteiger partial charge is 0.444 e. The van der Waals surface area contributed by atoms with Crippen molar-refractivity contribution in [1.29, 1.82) is 0 Å². The predicted octanol–water partition coefficient (Wildman–Crippen LogP) is 3.20. The Morgan fingerprint density at radius 3 is 2.64 bits per heavy atom. The molecule has 5 heteroatoms. The molecule has 0 bridgehead atoms. The van der Waals surface area contributed by atoms with E-state index in [-0.39, 0.29) is 6.09 Å². The van der Waals surface area contributed by atoms with Crippen LogP contribution in [0.3, 0.4) is 0 Å². The molecular weight excluding hydrogens is 278 g/mol. The summed E-state index contributed by atoms with van der Waals surface area (Å²) in [6.45, 7) is 10.8. The highest BCUT2D eigenvalue weighted by Crippen LogP contribution is 2.40. The van der Waals surface area contributed by atoms with E-state index in [2.05, 4.69) is 17.2 Å². The molecule has 0 spiro atoms. The van der Waals surface area contributed by atoms with Crippen LogP contribution in [-0.2, 0) is 4.74 Å². The fourth-order valence-electron chi connectivity index (χ4n) is 3.28. The first-order valence-electron chi connectivity index (χ1n) is 8.59. The minimum atomic E-state index is -0.449. The normalized spacial score (nSPS) is 21.5. The van der Waals surface area contributed by atoms with E-state index in [4.69, 9.17) is 4.74 Å². The summed E-state index contributed by atoms with van der Waals surface area (Å²) in [4.78, 5) is 18.4. The maximum atomic E-state index is 12.2. The van der Waals surface area contributed by atoms with Crippen LogP contribution in [0.2, 0.25) is 0 Å². The van der Waals surface area contributed by atoms with E-state index in [0.717, 1.165) is 12.4 Å². The van der Waals surface area contributed by atoms with Crippen molar-refractivity contribution in [3.8, 4) is 0 Å². The molecule has 0 aromatic carbocycles. The van der Waals surface area contributed by atoms with Crippen LogP contribution >= 0.6 is 0 Å². The molecule has 1 aliphatic carbocycles. The second kappa shape index (κ2) is 6.88. The number of carbonyl (C=O) groups excluding carboxylic acids is 1. The molecule has 5 nitrogen and oxygen atoms in total. The lowest BCUT2D eigenvalue weighted by Crippen LogP contribution is -2.48. The molecule has 1 N–H and O–H groups in total. The Bertz CT molecular complexity index is 420. The van der Waals surface area contributed by atoms with Gasteiger partial charge in [-0.05, 0) is 45.4 Å². The minimum absolute atomic E-state index is 0.243. The highest BCUT2D eigenvalue weighted by molar-refractivity contribution is 5.87. The lowest BCUT2D eigenvalue weighted by atomic mass is 9.83. The van der Waals surface area contributed by atoms with E-state index in [1.54, 1.807) is 4.90 Å². The van der Waals surface area contributed by atoms with Crippen molar-refractivity contribution >= 4 is 11.9 Å². The number of ether oxygens (including phenoxy) is 1. The standard InChI is InChI=1S/C17H31N3O2/c1-5-17(8-6-7-9-17)13-19-14-12-20(11-10-18-14)15(21)22-16(2,3)4/h5-13H2,1-4H3,(H,18,19). The molecule has 1 aliphatic heterocycles. The lowest BCUT2D eigenvalue weighted by molar-refractivity contribution is 0.0276. The van der Waals surface area contributed by atoms with Gasteiger partial charge >= 0.3 is 6.09 Å². The molecule has 1 fully saturated rings. The van der Waals surface area contributed by atoms with Crippen molar-refractivity contribution in [3.63, 3.8) is 0 Å². The Kier molecular flexibility index (Phi) is 5.35. The van der Waals surface area contributed by atoms with E-state index in [0.29, 0.717) is 25.0 Å². The Morgan fingerprint density at radius 1 is 1.36 bits per heavy atom. The lowest BCUT2D eigenvalue weighted by Gasteiger charge is -2.32. The van der Waals surface area contributed by atoms with Crippen molar-refractivity contribution in [1.82, 2.24) is 10.2 Å². The topological polar surface area (TPSA) is 53.9 Å². The monoisotopic (exact) mass is 309 g/mol. The number of aliphatic imine (C=N–C) groups is 1. The fraction of sp³-hybridized carbons (Fsp3) is 0.882. The first kappa shape index (κ1) is 17.1. The number of nitrogens with zero attached hydrogens (tertiary/aromatic N) is 2. The van der Waals surface area contributed by atoms with Crippen LogP contribution in [0.4, 0.5) is 4.79 Å². The molecule has 1 saturated carbocycles. The van der Waals surface area contributed by atoms with Crippen LogP contribution in [-0.4, -0.2) is 48.6 Å². The first-order valence-corrected chi connectivity index (χ1v) is 8.59. The Morgan fingerprint density at radius 2 is 2.05 bits per heavy atom. The van der Waals surface area contributed by atoms with Gasteiger partial charge in [-0.1, -0.05) is 19.8 Å². The Labute approximate surface area is 134 Å². The number of hydrogen-bond acceptors (Lipinski definition) is 4. The average Bonchev–Trinajstić information content (AvgIpc) is 2.93. The summed E-state index contributed by atoms with van der Waals surface area (Å²) in [6.07, 6.45) is 6.26. The van der Waals surface area contributed by atoms with Gasteiger partial charge in [-0.2, -0.15) is 0 Å². The fourth-order valence-corrected chi connectivity index (χ4v) is 3.28. The van der Waals surface area contributed by atoms with Gasteiger partial charge in [0.15, 0.2) is 0 Å². The van der Waals surface area contributed by atoms with E-state index in [1.165, 1.54) is 32.1 Å².